The first-order valence-corrected chi connectivity index (χ1v) is 8.85. The highest BCUT2D eigenvalue weighted by Gasteiger charge is 2.36. The van der Waals surface area contributed by atoms with Crippen LogP contribution in [0.1, 0.15) is 25.5 Å². The van der Waals surface area contributed by atoms with Crippen molar-refractivity contribution in [2.24, 2.45) is 0 Å². The minimum Gasteiger partial charge on any atom is -0.492 e. The summed E-state index contributed by atoms with van der Waals surface area (Å²) < 4.78 is 12.2. The summed E-state index contributed by atoms with van der Waals surface area (Å²) in [5.74, 6) is 0.0765. The Labute approximate surface area is 157 Å². The van der Waals surface area contributed by atoms with Gasteiger partial charge in [-0.3, -0.25) is 0 Å². The summed E-state index contributed by atoms with van der Waals surface area (Å²) in [5, 5.41) is 2.84. The Bertz CT molecular complexity index is 718. The first-order chi connectivity index (χ1) is 11.3. The van der Waals surface area contributed by atoms with Gasteiger partial charge < -0.3 is 19.7 Å². The van der Waals surface area contributed by atoms with Crippen LogP contribution in [0, 0.1) is 0 Å². The molecule has 8 heteroatoms. The molecule has 0 fully saturated rings. The van der Waals surface area contributed by atoms with Gasteiger partial charge in [0.05, 0.1) is 29.8 Å². The lowest BCUT2D eigenvalue weighted by Gasteiger charge is -2.33. The Morgan fingerprint density at radius 2 is 2.04 bits per heavy atom. The molecule has 1 N–H and O–H groups in total. The van der Waals surface area contributed by atoms with Crippen molar-refractivity contribution >= 4 is 43.9 Å². The van der Waals surface area contributed by atoms with Gasteiger partial charge in [-0.1, -0.05) is 15.9 Å². The van der Waals surface area contributed by atoms with Crippen LogP contribution in [0.25, 0.3) is 0 Å². The predicted molar refractivity (Wildman–Crippen MR) is 96.8 cm³/mol. The van der Waals surface area contributed by atoms with Gasteiger partial charge in [0.15, 0.2) is 0 Å². The SMILES string of the molecule is CCOc1c(Br)cc(Br)cc1C1NC(=O)N(C)C(C)=C1C(=O)OC. The normalized spacial score (nSPS) is 17.7. The molecule has 0 aromatic heterocycles. The Morgan fingerprint density at radius 1 is 1.38 bits per heavy atom. The Balaban J connectivity index is 2.69. The van der Waals surface area contributed by atoms with Gasteiger partial charge in [-0.15, -0.1) is 0 Å². The minimum absolute atomic E-state index is 0.302. The molecule has 0 saturated carbocycles. The van der Waals surface area contributed by atoms with E-state index in [2.05, 4.69) is 37.2 Å². The Hall–Kier alpha value is -1.54. The molecule has 2 amide bonds. The number of hydrogen-bond acceptors (Lipinski definition) is 4. The van der Waals surface area contributed by atoms with Gasteiger partial charge in [-0.25, -0.2) is 9.59 Å². The van der Waals surface area contributed by atoms with Crippen LogP contribution in [0.15, 0.2) is 32.3 Å². The molecule has 1 aromatic carbocycles. The van der Waals surface area contributed by atoms with Crippen LogP contribution < -0.4 is 10.1 Å². The minimum atomic E-state index is -0.670. The average molecular weight is 462 g/mol. The van der Waals surface area contributed by atoms with Crippen molar-refractivity contribution in [3.05, 3.63) is 37.9 Å². The Morgan fingerprint density at radius 3 is 2.62 bits per heavy atom. The van der Waals surface area contributed by atoms with Crippen LogP contribution >= 0.6 is 31.9 Å². The number of carbonyl (C=O) groups is 2. The second-order valence-corrected chi connectivity index (χ2v) is 6.94. The molecule has 1 heterocycles. The number of benzene rings is 1. The number of methoxy groups -OCH3 is 1. The zero-order valence-corrected chi connectivity index (χ0v) is 16.9. The molecule has 0 radical (unpaired) electrons. The van der Waals surface area contributed by atoms with E-state index in [0.29, 0.717) is 29.2 Å². The van der Waals surface area contributed by atoms with E-state index in [0.717, 1.165) is 8.95 Å². The largest absolute Gasteiger partial charge is 0.492 e. The molecule has 0 aliphatic carbocycles. The molecule has 0 bridgehead atoms. The number of carbonyl (C=O) groups excluding carboxylic acids is 2. The van der Waals surface area contributed by atoms with Crippen molar-refractivity contribution < 1.29 is 19.1 Å². The highest BCUT2D eigenvalue weighted by molar-refractivity contribution is 9.11. The molecule has 6 nitrogen and oxygen atoms in total. The number of urea groups is 1. The van der Waals surface area contributed by atoms with Crippen LogP contribution in [-0.2, 0) is 9.53 Å². The lowest BCUT2D eigenvalue weighted by atomic mass is 9.94. The second kappa shape index (κ2) is 7.57. The van der Waals surface area contributed by atoms with Crippen molar-refractivity contribution in [3.63, 3.8) is 0 Å². The number of nitrogens with zero attached hydrogens (tertiary/aromatic N) is 1. The zero-order chi connectivity index (χ0) is 18.0. The predicted octanol–water partition coefficient (Wildman–Crippen LogP) is 3.75. The third kappa shape index (κ3) is 3.44. The lowest BCUT2D eigenvalue weighted by Crippen LogP contribution is -2.46. The highest BCUT2D eigenvalue weighted by Crippen LogP contribution is 2.41. The maximum atomic E-state index is 12.3. The number of halogens is 2. The summed E-state index contributed by atoms with van der Waals surface area (Å²) in [6.45, 7) is 4.03. The molecule has 1 atom stereocenters. The van der Waals surface area contributed by atoms with Gasteiger partial charge in [-0.2, -0.15) is 0 Å². The third-order valence-electron chi connectivity index (χ3n) is 3.80. The molecule has 130 valence electrons. The van der Waals surface area contributed by atoms with Crippen LogP contribution in [0.3, 0.4) is 0 Å². The molecular weight excluding hydrogens is 444 g/mol. The van der Waals surface area contributed by atoms with Crippen LogP contribution in [-0.4, -0.2) is 37.7 Å². The van der Waals surface area contributed by atoms with E-state index < -0.39 is 12.0 Å². The average Bonchev–Trinajstić information content (AvgIpc) is 2.54. The van der Waals surface area contributed by atoms with E-state index in [1.54, 1.807) is 14.0 Å². The number of allylic oxidation sites excluding steroid dienone is 1. The summed E-state index contributed by atoms with van der Waals surface area (Å²) in [6.07, 6.45) is 0. The van der Waals surface area contributed by atoms with E-state index >= 15 is 0 Å². The van der Waals surface area contributed by atoms with Crippen LogP contribution in [0.2, 0.25) is 0 Å². The molecule has 1 aliphatic rings. The molecule has 24 heavy (non-hydrogen) atoms. The topological polar surface area (TPSA) is 67.9 Å². The number of ether oxygens (including phenoxy) is 2. The molecule has 0 spiro atoms. The van der Waals surface area contributed by atoms with Crippen LogP contribution in [0.5, 0.6) is 5.75 Å². The van der Waals surface area contributed by atoms with Gasteiger partial charge in [0, 0.05) is 22.8 Å². The summed E-state index contributed by atoms with van der Waals surface area (Å²) in [5.41, 5.74) is 1.57. The second-order valence-electron chi connectivity index (χ2n) is 5.17. The summed E-state index contributed by atoms with van der Waals surface area (Å²) in [6, 6.07) is 2.70. The Kier molecular flexibility index (Phi) is 5.92. The monoisotopic (exact) mass is 460 g/mol. The van der Waals surface area contributed by atoms with Crippen molar-refractivity contribution in [1.82, 2.24) is 10.2 Å². The van der Waals surface area contributed by atoms with Crippen molar-refractivity contribution in [2.45, 2.75) is 19.9 Å². The smallest absolute Gasteiger partial charge is 0.337 e. The number of hydrogen-bond donors (Lipinski definition) is 1. The van der Waals surface area contributed by atoms with E-state index in [1.165, 1.54) is 12.0 Å². The standard InChI is InChI=1S/C16H18Br2N2O4/c1-5-24-14-10(6-9(17)7-11(14)18)13-12(15(21)23-4)8(2)20(3)16(22)19-13/h6-7,13H,5H2,1-4H3,(H,19,22). The summed E-state index contributed by atoms with van der Waals surface area (Å²) >= 11 is 6.91. The lowest BCUT2D eigenvalue weighted by molar-refractivity contribution is -0.136. The molecule has 1 aromatic rings. The maximum absolute atomic E-state index is 12.3. The molecule has 1 aliphatic heterocycles. The first kappa shape index (κ1) is 18.8. The zero-order valence-electron chi connectivity index (χ0n) is 13.8. The fraction of sp³-hybridized carbons (Fsp3) is 0.375. The van der Waals surface area contributed by atoms with Crippen molar-refractivity contribution in [2.75, 3.05) is 20.8 Å². The number of nitrogens with one attached hydrogen (secondary N) is 1. The fourth-order valence-corrected chi connectivity index (χ4v) is 3.91. The van der Waals surface area contributed by atoms with Gasteiger partial charge >= 0.3 is 12.0 Å². The van der Waals surface area contributed by atoms with E-state index in [-0.39, 0.29) is 6.03 Å². The summed E-state index contributed by atoms with van der Waals surface area (Å²) in [4.78, 5) is 26.0. The number of amides is 2. The van der Waals surface area contributed by atoms with E-state index in [9.17, 15) is 9.59 Å². The van der Waals surface area contributed by atoms with Gasteiger partial charge in [-0.05, 0) is 41.9 Å². The van der Waals surface area contributed by atoms with Crippen molar-refractivity contribution in [1.29, 1.82) is 0 Å². The van der Waals surface area contributed by atoms with Crippen LogP contribution in [0.4, 0.5) is 4.79 Å². The molecule has 2 rings (SSSR count). The molecular formula is C16H18Br2N2O4. The van der Waals surface area contributed by atoms with Crippen molar-refractivity contribution in [3.8, 4) is 5.75 Å². The molecule has 1 unspecified atom stereocenters. The quantitative estimate of drug-likeness (QED) is 0.693. The summed E-state index contributed by atoms with van der Waals surface area (Å²) in [7, 11) is 2.92. The fourth-order valence-electron chi connectivity index (χ4n) is 2.53. The first-order valence-electron chi connectivity index (χ1n) is 7.26. The number of rotatable bonds is 4. The van der Waals surface area contributed by atoms with Gasteiger partial charge in [0.2, 0.25) is 0 Å². The number of esters is 1. The maximum Gasteiger partial charge on any atom is 0.337 e. The highest BCUT2D eigenvalue weighted by atomic mass is 79.9. The van der Waals surface area contributed by atoms with E-state index in [4.69, 9.17) is 9.47 Å². The third-order valence-corrected chi connectivity index (χ3v) is 4.84. The molecule has 0 saturated heterocycles. The van der Waals surface area contributed by atoms with Gasteiger partial charge in [0.1, 0.15) is 5.75 Å². The van der Waals surface area contributed by atoms with Gasteiger partial charge in [0.25, 0.3) is 0 Å². The van der Waals surface area contributed by atoms with E-state index in [1.807, 2.05) is 19.1 Å².